The fraction of sp³-hybridized carbons (Fsp3) is 0.619. The fourth-order valence-electron chi connectivity index (χ4n) is 14.3. The molecule has 0 N–H and O–H groups in total. The van der Waals surface area contributed by atoms with Crippen LogP contribution < -0.4 is 5.19 Å². The number of nitrogens with zero attached hydrogens (tertiary/aromatic N) is 1. The van der Waals surface area contributed by atoms with Crippen LogP contribution in [-0.4, -0.2) is 12.6 Å². The molecule has 9 rings (SSSR count). The lowest BCUT2D eigenvalue weighted by Crippen LogP contribution is -2.47. The first kappa shape index (κ1) is 50.5. The van der Waals surface area contributed by atoms with Crippen LogP contribution in [0.2, 0.25) is 12.1 Å². The molecule has 0 bridgehead atoms. The smallest absolute Gasteiger partial charge is 0.121 e. The van der Waals surface area contributed by atoms with Gasteiger partial charge in [0.05, 0.1) is 20.4 Å². The van der Waals surface area contributed by atoms with E-state index in [1.807, 2.05) is 16.0 Å². The molecule has 2 aromatic carbocycles. The number of rotatable bonds is 28. The van der Waals surface area contributed by atoms with Gasteiger partial charge in [-0.2, -0.15) is 0 Å². The predicted molar refractivity (Wildman–Crippen MR) is 311 cm³/mol. The minimum absolute atomic E-state index is 0.0352. The van der Waals surface area contributed by atoms with Gasteiger partial charge in [-0.3, -0.25) is 0 Å². The molecule has 368 valence electrons. The van der Waals surface area contributed by atoms with Crippen LogP contribution in [0.4, 0.5) is 0 Å². The van der Waals surface area contributed by atoms with Gasteiger partial charge in [0.1, 0.15) is 8.07 Å². The van der Waals surface area contributed by atoms with Crippen LogP contribution in [0.5, 0.6) is 0 Å². The average molecular weight is 985 g/mol. The van der Waals surface area contributed by atoms with Crippen molar-refractivity contribution in [3.8, 4) is 10.4 Å². The van der Waals surface area contributed by atoms with E-state index in [1.54, 1.807) is 52.0 Å². The van der Waals surface area contributed by atoms with E-state index >= 15 is 0 Å². The van der Waals surface area contributed by atoms with Crippen molar-refractivity contribution in [3.05, 3.63) is 73.3 Å². The molecule has 0 radical (unpaired) electrons. The number of hydrogen-bond acceptors (Lipinski definition) is 3. The van der Waals surface area contributed by atoms with Crippen LogP contribution in [0.15, 0.2) is 36.4 Å². The van der Waals surface area contributed by atoms with Gasteiger partial charge < -0.3 is 4.57 Å². The van der Waals surface area contributed by atoms with E-state index in [9.17, 15) is 0 Å². The van der Waals surface area contributed by atoms with E-state index in [-0.39, 0.29) is 10.8 Å². The Morgan fingerprint density at radius 3 is 1.53 bits per heavy atom. The summed E-state index contributed by atoms with van der Waals surface area (Å²) in [6, 6.07) is 19.4. The number of benzene rings is 2. The zero-order chi connectivity index (χ0) is 47.6. The molecule has 5 heteroatoms. The summed E-state index contributed by atoms with van der Waals surface area (Å²) in [5.41, 5.74) is 13.2. The maximum Gasteiger partial charge on any atom is 0.121 e. The first-order valence-electron chi connectivity index (χ1n) is 28.8. The van der Waals surface area contributed by atoms with Crippen LogP contribution in [0.3, 0.4) is 0 Å². The Labute approximate surface area is 427 Å². The molecule has 6 aromatic rings. The maximum atomic E-state index is 2.87. The van der Waals surface area contributed by atoms with E-state index in [2.05, 4.69) is 137 Å². The van der Waals surface area contributed by atoms with Crippen molar-refractivity contribution < 1.29 is 0 Å². The SMILES string of the molecule is CCCCCCCC[Si]1(CCCCCCCC)C2=C(c3sc(CCCCCC)cc31)C(CC)(CC)c1cc3cc4c(cc3cc12)C(CC)(CC)c1c-4sc2c3sc(CCCCCC)cc3n(C)c12. The maximum absolute atomic E-state index is 2.87. The molecule has 4 aromatic heterocycles. The molecule has 68 heavy (non-hydrogen) atoms. The molecule has 0 fully saturated rings. The van der Waals surface area contributed by atoms with Gasteiger partial charge in [-0.1, -0.05) is 171 Å². The summed E-state index contributed by atoms with van der Waals surface area (Å²) in [5, 5.41) is 6.83. The van der Waals surface area contributed by atoms with Crippen molar-refractivity contribution in [2.75, 3.05) is 0 Å². The Morgan fingerprint density at radius 1 is 0.471 bits per heavy atom. The predicted octanol–water partition coefficient (Wildman–Crippen LogP) is 20.9. The van der Waals surface area contributed by atoms with Crippen LogP contribution in [-0.2, 0) is 30.7 Å². The lowest BCUT2D eigenvalue weighted by Gasteiger charge is -2.34. The highest BCUT2D eigenvalue weighted by Gasteiger charge is 2.57. The highest BCUT2D eigenvalue weighted by Crippen LogP contribution is 2.65. The Kier molecular flexibility index (Phi) is 16.1. The zero-order valence-electron chi connectivity index (χ0n) is 44.4. The van der Waals surface area contributed by atoms with Crippen molar-refractivity contribution in [3.63, 3.8) is 0 Å². The molecule has 3 aliphatic rings. The third kappa shape index (κ3) is 8.45. The van der Waals surface area contributed by atoms with Gasteiger partial charge in [0.2, 0.25) is 0 Å². The van der Waals surface area contributed by atoms with E-state index in [0.29, 0.717) is 0 Å². The highest BCUT2D eigenvalue weighted by molar-refractivity contribution is 7.29. The standard InChI is InChI=1S/C63H89NS3Si/c1-10-18-22-26-28-32-36-68(37-33-29-27-23-19-11-2)53-43-47(35-31-25-21-13-4)66-59(53)55-61(68)49-39-45-40-50-48(38-44(45)41-51(49)63(55,16-7)17-8)57-54(62(50,14-5)15-6)56-60(67-57)58-52(64(56)9)42-46(65-58)34-30-24-20-12-3/h38-43H,10-37H2,1-9H3. The summed E-state index contributed by atoms with van der Waals surface area (Å²) in [5.74, 6) is 0. The van der Waals surface area contributed by atoms with E-state index in [4.69, 9.17) is 0 Å². The summed E-state index contributed by atoms with van der Waals surface area (Å²) in [6.07, 6.45) is 34.7. The van der Waals surface area contributed by atoms with Crippen molar-refractivity contribution in [2.24, 2.45) is 7.05 Å². The minimum atomic E-state index is -2.09. The van der Waals surface area contributed by atoms with E-state index in [1.165, 1.54) is 193 Å². The van der Waals surface area contributed by atoms with Gasteiger partial charge in [-0.05, 0) is 149 Å². The number of aryl methyl sites for hydroxylation is 3. The number of hydrogen-bond donors (Lipinski definition) is 0. The second kappa shape index (κ2) is 21.7. The quantitative estimate of drug-likeness (QED) is 0.0341. The summed E-state index contributed by atoms with van der Waals surface area (Å²) in [7, 11) is 0.294. The first-order chi connectivity index (χ1) is 33.3. The first-order valence-corrected chi connectivity index (χ1v) is 33.7. The van der Waals surface area contributed by atoms with Crippen LogP contribution in [0.1, 0.15) is 246 Å². The number of unbranched alkanes of at least 4 members (excludes halogenated alkanes) is 16. The van der Waals surface area contributed by atoms with Crippen molar-refractivity contribution in [2.45, 2.75) is 245 Å². The Bertz CT molecular complexity index is 2700. The lowest BCUT2D eigenvalue weighted by molar-refractivity contribution is 0.493. The summed E-state index contributed by atoms with van der Waals surface area (Å²) < 4.78 is 5.70. The third-order valence-electron chi connectivity index (χ3n) is 18.3. The van der Waals surface area contributed by atoms with Gasteiger partial charge in [-0.15, -0.1) is 34.0 Å². The van der Waals surface area contributed by atoms with Crippen molar-refractivity contribution >= 4 is 89.2 Å². The fourth-order valence-corrected chi connectivity index (χ4v) is 25.2. The molecular formula is C63H89NS3Si. The molecule has 0 unspecified atom stereocenters. The zero-order valence-corrected chi connectivity index (χ0v) is 47.9. The van der Waals surface area contributed by atoms with Gasteiger partial charge in [0.15, 0.2) is 0 Å². The third-order valence-corrected chi connectivity index (χ3v) is 27.6. The van der Waals surface area contributed by atoms with E-state index < -0.39 is 8.07 Å². The normalized spacial score (nSPS) is 16.2. The van der Waals surface area contributed by atoms with Crippen molar-refractivity contribution in [1.29, 1.82) is 0 Å². The molecule has 5 heterocycles. The van der Waals surface area contributed by atoms with Gasteiger partial charge in [-0.25, -0.2) is 0 Å². The molecule has 0 spiro atoms. The molecule has 1 aliphatic heterocycles. The van der Waals surface area contributed by atoms with Crippen LogP contribution in [0, 0.1) is 0 Å². The van der Waals surface area contributed by atoms with Gasteiger partial charge in [0, 0.05) is 42.9 Å². The lowest BCUT2D eigenvalue weighted by atomic mass is 9.71. The minimum Gasteiger partial charge on any atom is -0.342 e. The summed E-state index contributed by atoms with van der Waals surface area (Å²) in [6.45, 7) is 19.5. The summed E-state index contributed by atoms with van der Waals surface area (Å²) >= 11 is 6.50. The monoisotopic (exact) mass is 984 g/mol. The van der Waals surface area contributed by atoms with E-state index in [0.717, 1.165) is 12.8 Å². The average Bonchev–Trinajstić information content (AvgIpc) is 4.22. The molecule has 0 saturated carbocycles. The van der Waals surface area contributed by atoms with Crippen LogP contribution >= 0.6 is 34.0 Å². The second-order valence-corrected chi connectivity index (χ2v) is 29.6. The Balaban J connectivity index is 1.19. The summed E-state index contributed by atoms with van der Waals surface area (Å²) in [4.78, 5) is 6.63. The van der Waals surface area contributed by atoms with Gasteiger partial charge >= 0.3 is 0 Å². The molecule has 1 nitrogen and oxygen atoms in total. The second-order valence-electron chi connectivity index (χ2n) is 22.1. The molecule has 2 aliphatic carbocycles. The topological polar surface area (TPSA) is 4.93 Å². The van der Waals surface area contributed by atoms with Crippen molar-refractivity contribution in [1.82, 2.24) is 4.57 Å². The molecule has 0 amide bonds. The Hall–Kier alpha value is -2.44. The van der Waals surface area contributed by atoms with Gasteiger partial charge in [0.25, 0.3) is 0 Å². The molecule has 0 saturated heterocycles. The molecular weight excluding hydrogens is 895 g/mol. The highest BCUT2D eigenvalue weighted by atomic mass is 32.1. The number of thiophene rings is 3. The number of fused-ring (bicyclic) bond motifs is 12. The molecule has 0 atom stereocenters. The largest absolute Gasteiger partial charge is 0.342 e. The van der Waals surface area contributed by atoms with Crippen LogP contribution in [0.25, 0.3) is 52.4 Å². The number of allylic oxidation sites excluding steroid dienone is 1. The Morgan fingerprint density at radius 2 is 0.971 bits per heavy atom. The number of aromatic nitrogens is 1.